The van der Waals surface area contributed by atoms with Crippen LogP contribution in [0.5, 0.6) is 0 Å². The third-order valence-electron chi connectivity index (χ3n) is 5.58. The fourth-order valence-electron chi connectivity index (χ4n) is 3.67. The Hall–Kier alpha value is -2.18. The van der Waals surface area contributed by atoms with Gasteiger partial charge in [-0.15, -0.1) is 11.8 Å². The molecular formula is C28H29Cl3N2O2S. The summed E-state index contributed by atoms with van der Waals surface area (Å²) in [6.07, 6.45) is 1.20. The third kappa shape index (κ3) is 8.74. The smallest absolute Gasteiger partial charge is 0.243 e. The molecule has 0 bridgehead atoms. The van der Waals surface area contributed by atoms with Gasteiger partial charge in [-0.3, -0.25) is 9.59 Å². The van der Waals surface area contributed by atoms with Crippen LogP contribution in [0.4, 0.5) is 0 Å². The zero-order valence-electron chi connectivity index (χ0n) is 20.1. The van der Waals surface area contributed by atoms with Crippen LogP contribution < -0.4 is 5.32 Å². The SMILES string of the molecule is CCCNC(=O)C(Cc1ccccc1)N(Cc1ccc(Cl)cc1Cl)C(=O)CSCc1ccc(Cl)cc1. The van der Waals surface area contributed by atoms with E-state index in [1.54, 1.807) is 23.1 Å². The van der Waals surface area contributed by atoms with E-state index >= 15 is 0 Å². The van der Waals surface area contributed by atoms with E-state index in [0.29, 0.717) is 33.8 Å². The van der Waals surface area contributed by atoms with Gasteiger partial charge < -0.3 is 10.2 Å². The van der Waals surface area contributed by atoms with Crippen LogP contribution in [0, 0.1) is 0 Å². The van der Waals surface area contributed by atoms with Crippen LogP contribution in [-0.2, 0) is 28.3 Å². The highest BCUT2D eigenvalue weighted by atomic mass is 35.5. The number of carbonyl (C=O) groups excluding carboxylic acids is 2. The van der Waals surface area contributed by atoms with Gasteiger partial charge in [0, 0.05) is 40.3 Å². The second-order valence-corrected chi connectivity index (χ2v) is 10.6. The quantitative estimate of drug-likeness (QED) is 0.257. The van der Waals surface area contributed by atoms with E-state index < -0.39 is 6.04 Å². The average molecular weight is 564 g/mol. The van der Waals surface area contributed by atoms with Crippen molar-refractivity contribution in [3.63, 3.8) is 0 Å². The molecule has 0 radical (unpaired) electrons. The predicted molar refractivity (Wildman–Crippen MR) is 152 cm³/mol. The molecule has 0 spiro atoms. The molecule has 1 N–H and O–H groups in total. The lowest BCUT2D eigenvalue weighted by atomic mass is 10.0. The van der Waals surface area contributed by atoms with Gasteiger partial charge in [-0.05, 0) is 47.4 Å². The molecule has 0 saturated heterocycles. The minimum Gasteiger partial charge on any atom is -0.354 e. The maximum Gasteiger partial charge on any atom is 0.243 e. The molecule has 1 atom stereocenters. The molecule has 0 fully saturated rings. The number of halogens is 3. The van der Waals surface area contributed by atoms with Crippen LogP contribution in [0.3, 0.4) is 0 Å². The lowest BCUT2D eigenvalue weighted by molar-refractivity contribution is -0.139. The first-order valence-electron chi connectivity index (χ1n) is 11.7. The van der Waals surface area contributed by atoms with E-state index in [0.717, 1.165) is 23.1 Å². The van der Waals surface area contributed by atoms with E-state index in [1.807, 2.05) is 61.5 Å². The first-order chi connectivity index (χ1) is 17.4. The zero-order chi connectivity index (χ0) is 25.9. The number of rotatable bonds is 12. The summed E-state index contributed by atoms with van der Waals surface area (Å²) in [6.45, 7) is 2.74. The fourth-order valence-corrected chi connectivity index (χ4v) is 5.14. The van der Waals surface area contributed by atoms with Crippen LogP contribution in [0.2, 0.25) is 15.1 Å². The van der Waals surface area contributed by atoms with Gasteiger partial charge >= 0.3 is 0 Å². The standard InChI is InChI=1S/C28H29Cl3N2O2S/c1-2-14-32-28(35)26(15-20-6-4-3-5-7-20)33(17-22-10-13-24(30)16-25(22)31)27(34)19-36-18-21-8-11-23(29)12-9-21/h3-13,16,26H,2,14-15,17-19H2,1H3,(H,32,35). The summed E-state index contributed by atoms with van der Waals surface area (Å²) >= 11 is 20.0. The van der Waals surface area contributed by atoms with Crippen molar-refractivity contribution < 1.29 is 9.59 Å². The summed E-state index contributed by atoms with van der Waals surface area (Å²) in [5.74, 6) is 0.568. The number of hydrogen-bond donors (Lipinski definition) is 1. The van der Waals surface area contributed by atoms with E-state index in [9.17, 15) is 9.59 Å². The van der Waals surface area contributed by atoms with E-state index in [1.165, 1.54) is 11.8 Å². The maximum atomic E-state index is 13.6. The van der Waals surface area contributed by atoms with E-state index in [4.69, 9.17) is 34.8 Å². The largest absolute Gasteiger partial charge is 0.354 e. The van der Waals surface area contributed by atoms with E-state index in [-0.39, 0.29) is 24.1 Å². The number of nitrogens with one attached hydrogen (secondary N) is 1. The number of thioether (sulfide) groups is 1. The number of amides is 2. The molecule has 0 aliphatic carbocycles. The van der Waals surface area contributed by atoms with Gasteiger partial charge in [0.2, 0.25) is 11.8 Å². The summed E-state index contributed by atoms with van der Waals surface area (Å²) in [7, 11) is 0. The van der Waals surface area contributed by atoms with Crippen LogP contribution in [-0.4, -0.2) is 35.1 Å². The van der Waals surface area contributed by atoms with Crippen molar-refractivity contribution in [1.82, 2.24) is 10.2 Å². The Morgan fingerprint density at radius 3 is 2.28 bits per heavy atom. The molecule has 0 aliphatic heterocycles. The van der Waals surface area contributed by atoms with Gasteiger partial charge in [0.1, 0.15) is 6.04 Å². The molecule has 0 aromatic heterocycles. The maximum absolute atomic E-state index is 13.6. The minimum absolute atomic E-state index is 0.132. The zero-order valence-corrected chi connectivity index (χ0v) is 23.1. The van der Waals surface area contributed by atoms with E-state index in [2.05, 4.69) is 5.32 Å². The second kappa shape index (κ2) is 14.5. The summed E-state index contributed by atoms with van der Waals surface area (Å²) in [6, 6.07) is 21.8. The van der Waals surface area contributed by atoms with Gasteiger partial charge in [0.25, 0.3) is 0 Å². The normalized spacial score (nSPS) is 11.7. The monoisotopic (exact) mass is 562 g/mol. The summed E-state index contributed by atoms with van der Waals surface area (Å²) in [4.78, 5) is 28.6. The predicted octanol–water partition coefficient (Wildman–Crippen LogP) is 7.05. The van der Waals surface area contributed by atoms with Crippen molar-refractivity contribution in [3.8, 4) is 0 Å². The van der Waals surface area contributed by atoms with Crippen molar-refractivity contribution in [2.24, 2.45) is 0 Å². The molecule has 3 aromatic carbocycles. The van der Waals surface area contributed by atoms with Crippen LogP contribution in [0.1, 0.15) is 30.0 Å². The van der Waals surface area contributed by atoms with Crippen molar-refractivity contribution >= 4 is 58.4 Å². The minimum atomic E-state index is -0.686. The molecule has 3 aromatic rings. The molecule has 1 unspecified atom stereocenters. The molecule has 0 saturated carbocycles. The Morgan fingerprint density at radius 1 is 0.917 bits per heavy atom. The second-order valence-electron chi connectivity index (χ2n) is 8.37. The molecule has 0 heterocycles. The summed E-state index contributed by atoms with van der Waals surface area (Å²) in [5.41, 5.74) is 2.78. The Kier molecular flexibility index (Phi) is 11.5. The molecular weight excluding hydrogens is 535 g/mol. The highest BCUT2D eigenvalue weighted by molar-refractivity contribution is 7.99. The van der Waals surface area contributed by atoms with Crippen LogP contribution in [0.15, 0.2) is 72.8 Å². The molecule has 36 heavy (non-hydrogen) atoms. The van der Waals surface area contributed by atoms with Crippen LogP contribution in [0.25, 0.3) is 0 Å². The Bertz CT molecular complexity index is 1140. The molecule has 8 heteroatoms. The first kappa shape index (κ1) is 28.4. The number of hydrogen-bond acceptors (Lipinski definition) is 3. The molecule has 4 nitrogen and oxygen atoms in total. The van der Waals surface area contributed by atoms with Gasteiger partial charge in [0.05, 0.1) is 5.75 Å². The van der Waals surface area contributed by atoms with Crippen molar-refractivity contribution in [1.29, 1.82) is 0 Å². The van der Waals surface area contributed by atoms with Gasteiger partial charge in [-0.1, -0.05) is 90.3 Å². The molecule has 3 rings (SSSR count). The van der Waals surface area contributed by atoms with Gasteiger partial charge in [-0.25, -0.2) is 0 Å². The number of nitrogens with zero attached hydrogens (tertiary/aromatic N) is 1. The summed E-state index contributed by atoms with van der Waals surface area (Å²) < 4.78 is 0. The van der Waals surface area contributed by atoms with Gasteiger partial charge in [0.15, 0.2) is 0 Å². The summed E-state index contributed by atoms with van der Waals surface area (Å²) in [5, 5.41) is 4.63. The van der Waals surface area contributed by atoms with Crippen LogP contribution >= 0.6 is 46.6 Å². The fraction of sp³-hybridized carbons (Fsp3) is 0.286. The van der Waals surface area contributed by atoms with Crippen molar-refractivity contribution in [2.45, 2.75) is 38.1 Å². The first-order valence-corrected chi connectivity index (χ1v) is 14.0. The van der Waals surface area contributed by atoms with Crippen molar-refractivity contribution in [2.75, 3.05) is 12.3 Å². The molecule has 2 amide bonds. The lowest BCUT2D eigenvalue weighted by Crippen LogP contribution is -2.51. The van der Waals surface area contributed by atoms with Gasteiger partial charge in [-0.2, -0.15) is 0 Å². The highest BCUT2D eigenvalue weighted by Gasteiger charge is 2.30. The molecule has 190 valence electrons. The Morgan fingerprint density at radius 2 is 1.61 bits per heavy atom. The Balaban J connectivity index is 1.85. The topological polar surface area (TPSA) is 49.4 Å². The van der Waals surface area contributed by atoms with Crippen molar-refractivity contribution in [3.05, 3.63) is 105 Å². The molecule has 0 aliphatic rings. The number of carbonyl (C=O) groups is 2. The lowest BCUT2D eigenvalue weighted by Gasteiger charge is -2.32. The third-order valence-corrected chi connectivity index (χ3v) is 7.41. The highest BCUT2D eigenvalue weighted by Crippen LogP contribution is 2.25. The average Bonchev–Trinajstić information content (AvgIpc) is 2.87. The Labute approximate surface area is 232 Å². The number of benzene rings is 3.